The Balaban J connectivity index is 2.73. The van der Waals surface area contributed by atoms with Gasteiger partial charge in [0.1, 0.15) is 0 Å². The van der Waals surface area contributed by atoms with E-state index in [9.17, 15) is 9.59 Å². The molecule has 1 amide bonds. The van der Waals surface area contributed by atoms with Gasteiger partial charge in [-0.05, 0) is 31.1 Å². The van der Waals surface area contributed by atoms with Crippen molar-refractivity contribution >= 4 is 11.9 Å². The smallest absolute Gasteiger partial charge is 0.303 e. The molecule has 0 atom stereocenters. The summed E-state index contributed by atoms with van der Waals surface area (Å²) in [6, 6.07) is 0.271. The first-order valence-corrected chi connectivity index (χ1v) is 7.91. The highest BCUT2D eigenvalue weighted by Crippen LogP contribution is 2.42. The van der Waals surface area contributed by atoms with E-state index in [0.717, 1.165) is 44.9 Å². The van der Waals surface area contributed by atoms with Crippen LogP contribution in [0.1, 0.15) is 71.6 Å². The molecule has 0 spiro atoms. The van der Waals surface area contributed by atoms with Gasteiger partial charge >= 0.3 is 5.97 Å². The van der Waals surface area contributed by atoms with Crippen LogP contribution in [0.4, 0.5) is 0 Å². The van der Waals surface area contributed by atoms with Crippen molar-refractivity contribution < 1.29 is 14.7 Å². The highest BCUT2D eigenvalue weighted by Gasteiger charge is 2.37. The lowest BCUT2D eigenvalue weighted by Gasteiger charge is -2.38. The van der Waals surface area contributed by atoms with E-state index in [-0.39, 0.29) is 23.8 Å². The van der Waals surface area contributed by atoms with Crippen LogP contribution < -0.4 is 0 Å². The van der Waals surface area contributed by atoms with Gasteiger partial charge in [-0.1, -0.05) is 33.1 Å². The third-order valence-electron chi connectivity index (χ3n) is 4.85. The lowest BCUT2D eigenvalue weighted by molar-refractivity contribution is -0.142. The fourth-order valence-electron chi connectivity index (χ4n) is 3.52. The Hall–Kier alpha value is -1.06. The van der Waals surface area contributed by atoms with Gasteiger partial charge in [0, 0.05) is 19.5 Å². The number of aliphatic carboxylic acids is 1. The minimum absolute atomic E-state index is 0.113. The minimum Gasteiger partial charge on any atom is -0.481 e. The quantitative estimate of drug-likeness (QED) is 0.778. The first-order valence-electron chi connectivity index (χ1n) is 7.91. The maximum Gasteiger partial charge on any atom is 0.303 e. The zero-order valence-electron chi connectivity index (χ0n) is 13.2. The molecule has 0 heterocycles. The van der Waals surface area contributed by atoms with Crippen molar-refractivity contribution in [1.29, 1.82) is 0 Å². The molecule has 1 aliphatic carbocycles. The summed E-state index contributed by atoms with van der Waals surface area (Å²) < 4.78 is 0. The zero-order valence-corrected chi connectivity index (χ0v) is 13.2. The normalized spacial score (nSPS) is 18.0. The molecule has 0 aromatic carbocycles. The second-order valence-electron chi connectivity index (χ2n) is 6.28. The van der Waals surface area contributed by atoms with Gasteiger partial charge < -0.3 is 10.0 Å². The molecular formula is C16H29NO3. The van der Waals surface area contributed by atoms with Gasteiger partial charge in [-0.15, -0.1) is 0 Å². The van der Waals surface area contributed by atoms with Crippen LogP contribution in [-0.2, 0) is 9.59 Å². The summed E-state index contributed by atoms with van der Waals surface area (Å²) in [7, 11) is 1.86. The Kier molecular flexibility index (Phi) is 6.50. The van der Waals surface area contributed by atoms with E-state index >= 15 is 0 Å². The molecule has 1 saturated carbocycles. The Morgan fingerprint density at radius 1 is 1.10 bits per heavy atom. The van der Waals surface area contributed by atoms with Gasteiger partial charge in [0.2, 0.25) is 5.91 Å². The predicted molar refractivity (Wildman–Crippen MR) is 79.5 cm³/mol. The number of carbonyl (C=O) groups is 2. The summed E-state index contributed by atoms with van der Waals surface area (Å²) in [5.41, 5.74) is -0.304. The van der Waals surface area contributed by atoms with E-state index in [1.54, 1.807) is 0 Å². The van der Waals surface area contributed by atoms with Crippen LogP contribution in [0.3, 0.4) is 0 Å². The van der Waals surface area contributed by atoms with Crippen molar-refractivity contribution in [2.75, 3.05) is 7.05 Å². The van der Waals surface area contributed by atoms with Gasteiger partial charge in [0.25, 0.3) is 0 Å². The lowest BCUT2D eigenvalue weighted by Crippen LogP contribution is -2.40. The van der Waals surface area contributed by atoms with Gasteiger partial charge in [0.15, 0.2) is 0 Å². The lowest BCUT2D eigenvalue weighted by atomic mass is 9.69. The maximum absolute atomic E-state index is 12.5. The topological polar surface area (TPSA) is 57.6 Å². The Morgan fingerprint density at radius 2 is 1.65 bits per heavy atom. The molecule has 20 heavy (non-hydrogen) atoms. The number of rotatable bonds is 7. The molecule has 4 nitrogen and oxygen atoms in total. The molecule has 1 aliphatic rings. The van der Waals surface area contributed by atoms with Crippen LogP contribution >= 0.6 is 0 Å². The molecule has 0 aromatic heterocycles. The van der Waals surface area contributed by atoms with E-state index in [1.165, 1.54) is 0 Å². The van der Waals surface area contributed by atoms with Gasteiger partial charge in [0.05, 0.1) is 6.42 Å². The maximum atomic E-state index is 12.5. The molecule has 1 rings (SSSR count). The van der Waals surface area contributed by atoms with E-state index in [4.69, 9.17) is 5.11 Å². The van der Waals surface area contributed by atoms with Crippen LogP contribution in [0.25, 0.3) is 0 Å². The van der Waals surface area contributed by atoms with E-state index < -0.39 is 5.97 Å². The molecule has 0 aliphatic heterocycles. The van der Waals surface area contributed by atoms with Crippen LogP contribution in [0.15, 0.2) is 0 Å². The molecule has 0 unspecified atom stereocenters. The van der Waals surface area contributed by atoms with Crippen molar-refractivity contribution in [2.45, 2.75) is 77.7 Å². The number of carboxylic acids is 1. The number of hydrogen-bond donors (Lipinski definition) is 1. The van der Waals surface area contributed by atoms with Crippen LogP contribution in [0, 0.1) is 5.41 Å². The number of nitrogens with zero attached hydrogens (tertiary/aromatic N) is 1. The summed E-state index contributed by atoms with van der Waals surface area (Å²) in [6.45, 7) is 4.18. The Labute approximate surface area is 122 Å². The van der Waals surface area contributed by atoms with E-state index in [0.29, 0.717) is 6.42 Å². The summed E-state index contributed by atoms with van der Waals surface area (Å²) in [6.07, 6.45) is 7.45. The second kappa shape index (κ2) is 7.65. The van der Waals surface area contributed by atoms with Crippen LogP contribution in [0.5, 0.6) is 0 Å². The molecule has 1 fully saturated rings. The predicted octanol–water partition coefficient (Wildman–Crippen LogP) is 3.45. The fourth-order valence-corrected chi connectivity index (χ4v) is 3.52. The van der Waals surface area contributed by atoms with Gasteiger partial charge in [-0.25, -0.2) is 0 Å². The standard InChI is InChI=1S/C16H29NO3/c1-4-13(5-2)17(3)14(18)11-16(12-15(19)20)9-7-6-8-10-16/h13H,4-12H2,1-3H3,(H,19,20). The second-order valence-corrected chi connectivity index (χ2v) is 6.28. The average Bonchev–Trinajstić information content (AvgIpc) is 2.39. The molecule has 0 radical (unpaired) electrons. The average molecular weight is 283 g/mol. The van der Waals surface area contributed by atoms with Gasteiger partial charge in [-0.3, -0.25) is 9.59 Å². The number of amides is 1. The van der Waals surface area contributed by atoms with Gasteiger partial charge in [-0.2, -0.15) is 0 Å². The number of hydrogen-bond acceptors (Lipinski definition) is 2. The Morgan fingerprint density at radius 3 is 2.10 bits per heavy atom. The molecule has 0 aromatic rings. The highest BCUT2D eigenvalue weighted by molar-refractivity contribution is 5.78. The number of carboxylic acid groups (broad SMARTS) is 1. The van der Waals surface area contributed by atoms with Crippen LogP contribution in [0.2, 0.25) is 0 Å². The van der Waals surface area contributed by atoms with Crippen molar-refractivity contribution in [3.8, 4) is 0 Å². The molecule has 0 saturated heterocycles. The third kappa shape index (κ3) is 4.50. The zero-order chi connectivity index (χ0) is 15.2. The molecule has 116 valence electrons. The first kappa shape index (κ1) is 17.0. The highest BCUT2D eigenvalue weighted by atomic mass is 16.4. The van der Waals surface area contributed by atoms with E-state index in [1.807, 2.05) is 11.9 Å². The van der Waals surface area contributed by atoms with Crippen molar-refractivity contribution in [2.24, 2.45) is 5.41 Å². The summed E-state index contributed by atoms with van der Waals surface area (Å²) in [5, 5.41) is 9.16. The summed E-state index contributed by atoms with van der Waals surface area (Å²) >= 11 is 0. The first-order chi connectivity index (χ1) is 9.44. The largest absolute Gasteiger partial charge is 0.481 e. The van der Waals surface area contributed by atoms with Crippen molar-refractivity contribution in [3.05, 3.63) is 0 Å². The summed E-state index contributed by atoms with van der Waals surface area (Å²) in [4.78, 5) is 25.5. The SMILES string of the molecule is CCC(CC)N(C)C(=O)CC1(CC(=O)O)CCCCC1. The third-order valence-corrected chi connectivity index (χ3v) is 4.85. The Bertz CT molecular complexity index is 331. The fraction of sp³-hybridized carbons (Fsp3) is 0.875. The summed E-state index contributed by atoms with van der Waals surface area (Å²) in [5.74, 6) is -0.660. The monoisotopic (exact) mass is 283 g/mol. The molecule has 1 N–H and O–H groups in total. The van der Waals surface area contributed by atoms with E-state index in [2.05, 4.69) is 13.8 Å². The molecule has 4 heteroatoms. The molecule has 0 bridgehead atoms. The molecular weight excluding hydrogens is 254 g/mol. The minimum atomic E-state index is -0.773. The van der Waals surface area contributed by atoms with Crippen molar-refractivity contribution in [1.82, 2.24) is 4.90 Å². The number of carbonyl (C=O) groups excluding carboxylic acids is 1. The van der Waals surface area contributed by atoms with Crippen LogP contribution in [-0.4, -0.2) is 35.0 Å². The van der Waals surface area contributed by atoms with Crippen molar-refractivity contribution in [3.63, 3.8) is 0 Å².